The lowest BCUT2D eigenvalue weighted by Gasteiger charge is -2.22. The van der Waals surface area contributed by atoms with Gasteiger partial charge >= 0.3 is 5.97 Å². The fraction of sp³-hybridized carbons (Fsp3) is 0.500. The van der Waals surface area contributed by atoms with Crippen LogP contribution in [0.4, 0.5) is 4.39 Å². The third kappa shape index (κ3) is 2.40. The number of aromatic nitrogens is 1. The number of hydrogen-bond acceptors (Lipinski definition) is 4. The lowest BCUT2D eigenvalue weighted by molar-refractivity contribution is -0.148. The van der Waals surface area contributed by atoms with Gasteiger partial charge in [0.2, 0.25) is 10.0 Å². The first kappa shape index (κ1) is 14.9. The zero-order valence-corrected chi connectivity index (χ0v) is 11.7. The van der Waals surface area contributed by atoms with E-state index in [4.69, 9.17) is 0 Å². The number of nitrogens with zero attached hydrogens (tertiary/aromatic N) is 2. The minimum absolute atomic E-state index is 0.0995. The van der Waals surface area contributed by atoms with E-state index >= 15 is 0 Å². The normalized spacial score (nSPS) is 23.9. The first-order valence-corrected chi connectivity index (χ1v) is 7.60. The second-order valence-electron chi connectivity index (χ2n) is 4.87. The average Bonchev–Trinajstić information content (AvgIpc) is 2.85. The van der Waals surface area contributed by atoms with Gasteiger partial charge in [-0.05, 0) is 18.9 Å². The summed E-state index contributed by atoms with van der Waals surface area (Å²) >= 11 is 0. The van der Waals surface area contributed by atoms with Crippen LogP contribution in [0.15, 0.2) is 23.4 Å². The van der Waals surface area contributed by atoms with Crippen LogP contribution in [0.25, 0.3) is 0 Å². The molecule has 2 heterocycles. The van der Waals surface area contributed by atoms with Gasteiger partial charge in [-0.2, -0.15) is 4.31 Å². The van der Waals surface area contributed by atoms with Crippen molar-refractivity contribution in [3.05, 3.63) is 24.3 Å². The minimum atomic E-state index is -3.91. The first-order valence-electron chi connectivity index (χ1n) is 6.16. The molecular weight excluding hydrogens is 287 g/mol. The Bertz CT molecular complexity index is 634. The topological polar surface area (TPSA) is 87.6 Å². The molecule has 1 aliphatic heterocycles. The fourth-order valence-corrected chi connectivity index (χ4v) is 3.84. The zero-order valence-electron chi connectivity index (χ0n) is 10.9. The second-order valence-corrected chi connectivity index (χ2v) is 6.80. The van der Waals surface area contributed by atoms with Crippen LogP contribution >= 0.6 is 0 Å². The van der Waals surface area contributed by atoms with Crippen LogP contribution in [-0.2, 0) is 14.8 Å². The summed E-state index contributed by atoms with van der Waals surface area (Å²) in [6.45, 7) is 1.73. The maximum atomic E-state index is 13.1. The standard InChI is InChI=1S/C12H15FN2O4S/c1-2-12(11(16)17)3-4-15(8-12)20(18,19)10-5-9(13)6-14-7-10/h5-7H,2-4,8H2,1H3,(H,16,17). The van der Waals surface area contributed by atoms with Gasteiger partial charge in [0, 0.05) is 19.3 Å². The molecule has 1 fully saturated rings. The van der Waals surface area contributed by atoms with E-state index in [9.17, 15) is 22.7 Å². The molecular formula is C12H15FN2O4S. The van der Waals surface area contributed by atoms with E-state index < -0.39 is 27.2 Å². The van der Waals surface area contributed by atoms with Crippen molar-refractivity contribution in [3.8, 4) is 0 Å². The number of sulfonamides is 1. The molecule has 1 aromatic rings. The number of aliphatic carboxylic acids is 1. The van der Waals surface area contributed by atoms with Gasteiger partial charge in [-0.1, -0.05) is 6.92 Å². The molecule has 1 aliphatic rings. The van der Waals surface area contributed by atoms with Crippen LogP contribution in [0.2, 0.25) is 0 Å². The molecule has 0 radical (unpaired) electrons. The number of halogens is 1. The Kier molecular flexibility index (Phi) is 3.79. The highest BCUT2D eigenvalue weighted by atomic mass is 32.2. The number of hydrogen-bond donors (Lipinski definition) is 1. The van der Waals surface area contributed by atoms with Crippen molar-refractivity contribution in [1.29, 1.82) is 0 Å². The SMILES string of the molecule is CCC1(C(=O)O)CCN(S(=O)(=O)c2cncc(F)c2)C1. The van der Waals surface area contributed by atoms with Gasteiger partial charge in [0.05, 0.1) is 11.6 Å². The van der Waals surface area contributed by atoms with E-state index in [0.717, 1.165) is 22.8 Å². The van der Waals surface area contributed by atoms with E-state index in [1.165, 1.54) is 0 Å². The molecule has 0 spiro atoms. The molecule has 0 aromatic carbocycles. The fourth-order valence-electron chi connectivity index (χ4n) is 2.34. The Hall–Kier alpha value is -1.54. The number of pyridine rings is 1. The molecule has 2 rings (SSSR count). The van der Waals surface area contributed by atoms with Crippen LogP contribution < -0.4 is 0 Å². The van der Waals surface area contributed by atoms with Gasteiger partial charge in [0.1, 0.15) is 10.7 Å². The average molecular weight is 302 g/mol. The van der Waals surface area contributed by atoms with Gasteiger partial charge in [-0.3, -0.25) is 9.78 Å². The highest BCUT2D eigenvalue weighted by Gasteiger charge is 2.47. The van der Waals surface area contributed by atoms with Gasteiger partial charge < -0.3 is 5.11 Å². The largest absolute Gasteiger partial charge is 0.481 e. The van der Waals surface area contributed by atoms with E-state index in [1.807, 2.05) is 0 Å². The van der Waals surface area contributed by atoms with Crippen LogP contribution in [-0.4, -0.2) is 41.9 Å². The molecule has 0 amide bonds. The summed E-state index contributed by atoms with van der Waals surface area (Å²) < 4.78 is 38.9. The van der Waals surface area contributed by atoms with Gasteiger partial charge in [0.25, 0.3) is 0 Å². The van der Waals surface area contributed by atoms with Crippen molar-refractivity contribution < 1.29 is 22.7 Å². The predicted molar refractivity (Wildman–Crippen MR) is 67.9 cm³/mol. The highest BCUT2D eigenvalue weighted by molar-refractivity contribution is 7.89. The number of rotatable bonds is 4. The molecule has 20 heavy (non-hydrogen) atoms. The van der Waals surface area contributed by atoms with Crippen LogP contribution in [0.3, 0.4) is 0 Å². The van der Waals surface area contributed by atoms with Crippen LogP contribution in [0.5, 0.6) is 0 Å². The molecule has 110 valence electrons. The Labute approximate surface area is 116 Å². The maximum absolute atomic E-state index is 13.1. The number of carboxylic acid groups (broad SMARTS) is 1. The van der Waals surface area contributed by atoms with Gasteiger partial charge in [-0.15, -0.1) is 0 Å². The smallest absolute Gasteiger partial charge is 0.311 e. The van der Waals surface area contributed by atoms with E-state index in [1.54, 1.807) is 6.92 Å². The lowest BCUT2D eigenvalue weighted by Crippen LogP contribution is -2.36. The molecule has 1 saturated heterocycles. The third-order valence-electron chi connectivity index (χ3n) is 3.77. The van der Waals surface area contributed by atoms with Crippen LogP contribution in [0.1, 0.15) is 19.8 Å². The number of carboxylic acids is 1. The Morgan fingerprint density at radius 2 is 2.25 bits per heavy atom. The van der Waals surface area contributed by atoms with E-state index in [0.29, 0.717) is 6.42 Å². The summed E-state index contributed by atoms with van der Waals surface area (Å²) in [7, 11) is -3.91. The summed E-state index contributed by atoms with van der Waals surface area (Å²) in [4.78, 5) is 14.6. The third-order valence-corrected chi connectivity index (χ3v) is 5.58. The maximum Gasteiger partial charge on any atom is 0.311 e. The molecule has 1 N–H and O–H groups in total. The van der Waals surface area contributed by atoms with Crippen LogP contribution in [0, 0.1) is 11.2 Å². The summed E-state index contributed by atoms with van der Waals surface area (Å²) in [5.41, 5.74) is -1.06. The predicted octanol–water partition coefficient (Wildman–Crippen LogP) is 1.10. The molecule has 6 nitrogen and oxygen atoms in total. The molecule has 1 unspecified atom stereocenters. The lowest BCUT2D eigenvalue weighted by atomic mass is 9.85. The van der Waals surface area contributed by atoms with Crippen molar-refractivity contribution >= 4 is 16.0 Å². The molecule has 0 bridgehead atoms. The molecule has 0 saturated carbocycles. The Morgan fingerprint density at radius 3 is 2.75 bits per heavy atom. The number of carbonyl (C=O) groups is 1. The Balaban J connectivity index is 2.32. The quantitative estimate of drug-likeness (QED) is 0.899. The zero-order chi connectivity index (χ0) is 15.0. The van der Waals surface area contributed by atoms with Crippen molar-refractivity contribution in [1.82, 2.24) is 9.29 Å². The summed E-state index contributed by atoms with van der Waals surface area (Å²) in [6.07, 6.45) is 2.57. The summed E-state index contributed by atoms with van der Waals surface area (Å²) in [6, 6.07) is 0.884. The van der Waals surface area contributed by atoms with Crippen molar-refractivity contribution in [2.75, 3.05) is 13.1 Å². The molecule has 1 atom stereocenters. The highest BCUT2D eigenvalue weighted by Crippen LogP contribution is 2.36. The van der Waals surface area contributed by atoms with Gasteiger partial charge in [-0.25, -0.2) is 12.8 Å². The van der Waals surface area contributed by atoms with E-state index in [2.05, 4.69) is 4.98 Å². The molecule has 8 heteroatoms. The molecule has 1 aromatic heterocycles. The first-order chi connectivity index (χ1) is 9.32. The van der Waals surface area contributed by atoms with Crippen molar-refractivity contribution in [3.63, 3.8) is 0 Å². The summed E-state index contributed by atoms with van der Waals surface area (Å²) in [5.74, 6) is -1.75. The summed E-state index contributed by atoms with van der Waals surface area (Å²) in [5, 5.41) is 9.27. The van der Waals surface area contributed by atoms with Gasteiger partial charge in [0.15, 0.2) is 0 Å². The monoisotopic (exact) mass is 302 g/mol. The van der Waals surface area contributed by atoms with Crippen molar-refractivity contribution in [2.24, 2.45) is 5.41 Å². The molecule has 0 aliphatic carbocycles. The van der Waals surface area contributed by atoms with E-state index in [-0.39, 0.29) is 24.4 Å². The Morgan fingerprint density at radius 1 is 1.55 bits per heavy atom. The second kappa shape index (κ2) is 5.10. The van der Waals surface area contributed by atoms with Crippen molar-refractivity contribution in [2.45, 2.75) is 24.7 Å². The minimum Gasteiger partial charge on any atom is -0.481 e.